The molecule has 0 aliphatic carbocycles. The average Bonchev–Trinajstić information content (AvgIpc) is 3.01. The van der Waals surface area contributed by atoms with E-state index in [-0.39, 0.29) is 18.6 Å². The molecule has 1 atom stereocenters. The van der Waals surface area contributed by atoms with Crippen molar-refractivity contribution >= 4 is 23.2 Å². The van der Waals surface area contributed by atoms with Gasteiger partial charge < -0.3 is 19.5 Å². The van der Waals surface area contributed by atoms with Crippen LogP contribution in [0, 0.1) is 6.92 Å². The SMILES string of the molecule is COc1ccc2c(c1C)NC(=O)CC2c1cc2c(cc1Cl)OCO2. The lowest BCUT2D eigenvalue weighted by atomic mass is 9.83. The Kier molecular flexibility index (Phi) is 3.53. The highest BCUT2D eigenvalue weighted by Gasteiger charge is 2.31. The van der Waals surface area contributed by atoms with Crippen LogP contribution in [-0.4, -0.2) is 19.8 Å². The molecule has 0 radical (unpaired) electrons. The maximum absolute atomic E-state index is 12.3. The van der Waals surface area contributed by atoms with E-state index in [1.165, 1.54) is 0 Å². The van der Waals surface area contributed by atoms with Crippen molar-refractivity contribution < 1.29 is 19.0 Å². The van der Waals surface area contributed by atoms with Crippen molar-refractivity contribution in [2.45, 2.75) is 19.3 Å². The summed E-state index contributed by atoms with van der Waals surface area (Å²) in [6.07, 6.45) is 0.331. The van der Waals surface area contributed by atoms with E-state index in [2.05, 4.69) is 5.32 Å². The Morgan fingerprint density at radius 1 is 1.21 bits per heavy atom. The van der Waals surface area contributed by atoms with E-state index in [9.17, 15) is 4.79 Å². The second kappa shape index (κ2) is 5.60. The summed E-state index contributed by atoms with van der Waals surface area (Å²) in [6, 6.07) is 7.52. The predicted octanol–water partition coefficient (Wildman–Crippen LogP) is 3.86. The molecule has 2 aromatic rings. The number of carbonyl (C=O) groups excluding carboxylic acids is 1. The van der Waals surface area contributed by atoms with E-state index in [1.807, 2.05) is 25.1 Å². The number of nitrogens with one attached hydrogen (secondary N) is 1. The third kappa shape index (κ3) is 2.27. The van der Waals surface area contributed by atoms with Crippen molar-refractivity contribution in [1.82, 2.24) is 0 Å². The van der Waals surface area contributed by atoms with E-state index in [0.717, 1.165) is 28.1 Å². The summed E-state index contributed by atoms with van der Waals surface area (Å²) in [6.45, 7) is 2.12. The van der Waals surface area contributed by atoms with Crippen LogP contribution in [0.2, 0.25) is 5.02 Å². The molecular weight excluding hydrogens is 330 g/mol. The molecule has 0 aromatic heterocycles. The van der Waals surface area contributed by atoms with Gasteiger partial charge in [-0.05, 0) is 30.2 Å². The predicted molar refractivity (Wildman–Crippen MR) is 90.4 cm³/mol. The molecule has 24 heavy (non-hydrogen) atoms. The summed E-state index contributed by atoms with van der Waals surface area (Å²) in [7, 11) is 1.62. The van der Waals surface area contributed by atoms with Gasteiger partial charge in [0.05, 0.1) is 12.8 Å². The Morgan fingerprint density at radius 2 is 1.96 bits per heavy atom. The van der Waals surface area contributed by atoms with Crippen LogP contribution in [0.5, 0.6) is 17.2 Å². The molecule has 6 heteroatoms. The second-order valence-corrected chi connectivity index (χ2v) is 6.30. The number of halogens is 1. The summed E-state index contributed by atoms with van der Waals surface area (Å²) >= 11 is 6.46. The Morgan fingerprint density at radius 3 is 2.71 bits per heavy atom. The van der Waals surface area contributed by atoms with Crippen molar-refractivity contribution in [3.05, 3.63) is 46.0 Å². The number of hydrogen-bond acceptors (Lipinski definition) is 4. The minimum absolute atomic E-state index is 0.0439. The van der Waals surface area contributed by atoms with E-state index >= 15 is 0 Å². The van der Waals surface area contributed by atoms with Crippen LogP contribution in [0.1, 0.15) is 29.0 Å². The van der Waals surface area contributed by atoms with Crippen LogP contribution >= 0.6 is 11.6 Å². The Hall–Kier alpha value is -2.40. The molecule has 1 N–H and O–H groups in total. The molecule has 0 bridgehead atoms. The fourth-order valence-corrected chi connectivity index (χ4v) is 3.64. The van der Waals surface area contributed by atoms with E-state index < -0.39 is 0 Å². The van der Waals surface area contributed by atoms with Gasteiger partial charge in [-0.1, -0.05) is 17.7 Å². The highest BCUT2D eigenvalue weighted by molar-refractivity contribution is 6.31. The number of anilines is 1. The van der Waals surface area contributed by atoms with Gasteiger partial charge in [-0.3, -0.25) is 4.79 Å². The Balaban J connectivity index is 1.86. The first kappa shape index (κ1) is 15.1. The number of methoxy groups -OCH3 is 1. The Labute approximate surface area is 144 Å². The molecule has 2 aromatic carbocycles. The van der Waals surface area contributed by atoms with Crippen LogP contribution in [0.4, 0.5) is 5.69 Å². The maximum atomic E-state index is 12.3. The zero-order chi connectivity index (χ0) is 16.8. The number of ether oxygens (including phenoxy) is 3. The maximum Gasteiger partial charge on any atom is 0.231 e. The van der Waals surface area contributed by atoms with Crippen molar-refractivity contribution in [3.8, 4) is 17.2 Å². The average molecular weight is 346 g/mol. The van der Waals surface area contributed by atoms with Crippen molar-refractivity contribution in [2.75, 3.05) is 19.2 Å². The van der Waals surface area contributed by atoms with Gasteiger partial charge in [-0.25, -0.2) is 0 Å². The number of fused-ring (bicyclic) bond motifs is 2. The molecule has 2 aliphatic rings. The van der Waals surface area contributed by atoms with Crippen LogP contribution in [0.25, 0.3) is 0 Å². The summed E-state index contributed by atoms with van der Waals surface area (Å²) in [4.78, 5) is 12.3. The third-order valence-electron chi connectivity index (χ3n) is 4.56. The van der Waals surface area contributed by atoms with Gasteiger partial charge in [0.15, 0.2) is 11.5 Å². The van der Waals surface area contributed by atoms with Crippen molar-refractivity contribution in [2.24, 2.45) is 0 Å². The molecule has 0 saturated heterocycles. The highest BCUT2D eigenvalue weighted by Crippen LogP contribution is 2.46. The number of benzene rings is 2. The summed E-state index contributed by atoms with van der Waals surface area (Å²) < 4.78 is 16.2. The molecule has 1 unspecified atom stereocenters. The van der Waals surface area contributed by atoms with Gasteiger partial charge in [0.25, 0.3) is 0 Å². The number of rotatable bonds is 2. The second-order valence-electron chi connectivity index (χ2n) is 5.89. The minimum atomic E-state index is -0.139. The topological polar surface area (TPSA) is 56.8 Å². The molecule has 0 saturated carbocycles. The quantitative estimate of drug-likeness (QED) is 0.898. The largest absolute Gasteiger partial charge is 0.496 e. The lowest BCUT2D eigenvalue weighted by Crippen LogP contribution is -2.24. The molecule has 2 aliphatic heterocycles. The zero-order valence-corrected chi connectivity index (χ0v) is 14.1. The monoisotopic (exact) mass is 345 g/mol. The van der Waals surface area contributed by atoms with Crippen molar-refractivity contribution in [1.29, 1.82) is 0 Å². The van der Waals surface area contributed by atoms with Gasteiger partial charge in [-0.15, -0.1) is 0 Å². The van der Waals surface area contributed by atoms with E-state index in [4.69, 9.17) is 25.8 Å². The molecule has 4 rings (SSSR count). The molecule has 124 valence electrons. The van der Waals surface area contributed by atoms with Crippen LogP contribution in [0.15, 0.2) is 24.3 Å². The van der Waals surface area contributed by atoms with Crippen LogP contribution in [0.3, 0.4) is 0 Å². The van der Waals surface area contributed by atoms with Gasteiger partial charge >= 0.3 is 0 Å². The molecule has 2 heterocycles. The summed E-state index contributed by atoms with van der Waals surface area (Å²) in [5.41, 5.74) is 3.59. The highest BCUT2D eigenvalue weighted by atomic mass is 35.5. The first-order valence-corrected chi connectivity index (χ1v) is 8.02. The van der Waals surface area contributed by atoms with E-state index in [1.54, 1.807) is 13.2 Å². The van der Waals surface area contributed by atoms with Gasteiger partial charge in [0.2, 0.25) is 12.7 Å². The zero-order valence-electron chi connectivity index (χ0n) is 13.3. The van der Waals surface area contributed by atoms with Gasteiger partial charge in [0, 0.05) is 29.0 Å². The first-order chi connectivity index (χ1) is 11.6. The fourth-order valence-electron chi connectivity index (χ4n) is 3.35. The van der Waals surface area contributed by atoms with Crippen LogP contribution in [-0.2, 0) is 4.79 Å². The first-order valence-electron chi connectivity index (χ1n) is 7.65. The lowest BCUT2D eigenvalue weighted by molar-refractivity contribution is -0.116. The number of carbonyl (C=O) groups is 1. The molecule has 1 amide bonds. The number of hydrogen-bond donors (Lipinski definition) is 1. The number of amides is 1. The van der Waals surface area contributed by atoms with E-state index in [0.29, 0.717) is 22.9 Å². The van der Waals surface area contributed by atoms with Crippen molar-refractivity contribution in [3.63, 3.8) is 0 Å². The normalized spacial score (nSPS) is 18.1. The molecule has 0 spiro atoms. The lowest BCUT2D eigenvalue weighted by Gasteiger charge is -2.28. The molecular formula is C18H16ClNO4. The van der Waals surface area contributed by atoms with Gasteiger partial charge in [-0.2, -0.15) is 0 Å². The summed E-state index contributed by atoms with van der Waals surface area (Å²) in [5, 5.41) is 3.52. The fraction of sp³-hybridized carbons (Fsp3) is 0.278. The third-order valence-corrected chi connectivity index (χ3v) is 4.89. The Bertz CT molecular complexity index is 849. The van der Waals surface area contributed by atoms with Crippen LogP contribution < -0.4 is 19.5 Å². The molecule has 5 nitrogen and oxygen atoms in total. The standard InChI is InChI=1S/C18H16ClNO4/c1-9-14(22-2)4-3-10-11(6-17(21)20-18(9)10)12-5-15-16(7-13(12)19)24-8-23-15/h3-5,7,11H,6,8H2,1-2H3,(H,20,21). The summed E-state index contributed by atoms with van der Waals surface area (Å²) in [5.74, 6) is 1.85. The van der Waals surface area contributed by atoms with Gasteiger partial charge in [0.1, 0.15) is 5.75 Å². The molecule has 0 fully saturated rings. The smallest absolute Gasteiger partial charge is 0.231 e. The minimum Gasteiger partial charge on any atom is -0.496 e.